The van der Waals surface area contributed by atoms with Gasteiger partial charge in [-0.3, -0.25) is 9.69 Å². The number of benzene rings is 1. The Kier molecular flexibility index (Phi) is 4.80. The van der Waals surface area contributed by atoms with Crippen molar-refractivity contribution in [3.05, 3.63) is 59.0 Å². The van der Waals surface area contributed by atoms with E-state index in [4.69, 9.17) is 16.0 Å². The van der Waals surface area contributed by atoms with Crippen LogP contribution in [-0.2, 0) is 6.54 Å². The van der Waals surface area contributed by atoms with E-state index in [0.717, 1.165) is 44.2 Å². The van der Waals surface area contributed by atoms with Gasteiger partial charge in [-0.1, -0.05) is 23.7 Å². The van der Waals surface area contributed by atoms with Gasteiger partial charge >= 0.3 is 0 Å². The van der Waals surface area contributed by atoms with Crippen LogP contribution in [0, 0.1) is 0 Å². The number of nitrogens with zero attached hydrogens (tertiary/aromatic N) is 2. The van der Waals surface area contributed by atoms with Crippen molar-refractivity contribution < 1.29 is 9.21 Å². The third kappa shape index (κ3) is 3.70. The number of rotatable bonds is 3. The van der Waals surface area contributed by atoms with E-state index < -0.39 is 0 Å². The molecule has 3 rings (SSSR count). The zero-order valence-corrected chi connectivity index (χ0v) is 13.1. The number of hydrogen-bond acceptors (Lipinski definition) is 3. The molecular weight excluding hydrogens is 300 g/mol. The molecule has 1 aromatic carbocycles. The topological polar surface area (TPSA) is 36.7 Å². The van der Waals surface area contributed by atoms with Gasteiger partial charge in [-0.15, -0.1) is 0 Å². The largest absolute Gasteiger partial charge is 0.459 e. The first kappa shape index (κ1) is 15.1. The maximum absolute atomic E-state index is 12.3. The van der Waals surface area contributed by atoms with Gasteiger partial charge in [0.15, 0.2) is 5.76 Å². The van der Waals surface area contributed by atoms with Crippen molar-refractivity contribution in [2.24, 2.45) is 0 Å². The number of amides is 1. The monoisotopic (exact) mass is 318 g/mol. The van der Waals surface area contributed by atoms with Gasteiger partial charge in [-0.05, 0) is 36.2 Å². The van der Waals surface area contributed by atoms with E-state index in [2.05, 4.69) is 17.0 Å². The summed E-state index contributed by atoms with van der Waals surface area (Å²) in [6, 6.07) is 11.4. The molecule has 0 spiro atoms. The van der Waals surface area contributed by atoms with Gasteiger partial charge in [0.2, 0.25) is 0 Å². The van der Waals surface area contributed by atoms with Crippen LogP contribution in [0.3, 0.4) is 0 Å². The fourth-order valence-electron chi connectivity index (χ4n) is 2.74. The smallest absolute Gasteiger partial charge is 0.289 e. The molecule has 0 bridgehead atoms. The van der Waals surface area contributed by atoms with Crippen LogP contribution in [0.25, 0.3) is 0 Å². The molecular formula is C17H19ClN2O2. The first-order valence-electron chi connectivity index (χ1n) is 7.52. The van der Waals surface area contributed by atoms with Crippen LogP contribution in [-0.4, -0.2) is 41.9 Å². The molecule has 0 radical (unpaired) electrons. The second-order valence-electron chi connectivity index (χ2n) is 5.53. The van der Waals surface area contributed by atoms with Crippen LogP contribution in [0.15, 0.2) is 47.1 Å². The quantitative estimate of drug-likeness (QED) is 0.871. The summed E-state index contributed by atoms with van der Waals surface area (Å²) in [7, 11) is 0. The van der Waals surface area contributed by atoms with Crippen LogP contribution in [0.5, 0.6) is 0 Å². The van der Waals surface area contributed by atoms with Gasteiger partial charge in [-0.2, -0.15) is 0 Å². The highest BCUT2D eigenvalue weighted by Crippen LogP contribution is 2.14. The fraction of sp³-hybridized carbons (Fsp3) is 0.353. The number of carbonyl (C=O) groups is 1. The summed E-state index contributed by atoms with van der Waals surface area (Å²) in [5.41, 5.74) is 1.25. The van der Waals surface area contributed by atoms with Crippen LogP contribution in [0.1, 0.15) is 22.5 Å². The van der Waals surface area contributed by atoms with Gasteiger partial charge in [0.25, 0.3) is 5.91 Å². The number of hydrogen-bond donors (Lipinski definition) is 0. The van der Waals surface area contributed by atoms with E-state index in [-0.39, 0.29) is 5.91 Å². The predicted octanol–water partition coefficient (Wildman–Crippen LogP) is 3.28. The summed E-state index contributed by atoms with van der Waals surface area (Å²) < 4.78 is 5.21. The van der Waals surface area contributed by atoms with E-state index in [9.17, 15) is 4.79 Å². The summed E-state index contributed by atoms with van der Waals surface area (Å²) in [6.45, 7) is 4.25. The Morgan fingerprint density at radius 2 is 1.91 bits per heavy atom. The minimum absolute atomic E-state index is 0.0154. The Morgan fingerprint density at radius 3 is 2.64 bits per heavy atom. The summed E-state index contributed by atoms with van der Waals surface area (Å²) in [5.74, 6) is 0.407. The molecule has 1 aliphatic rings. The SMILES string of the molecule is O=C(c1ccco1)N1CCCN(Cc2ccc(Cl)cc2)CC1. The van der Waals surface area contributed by atoms with Gasteiger partial charge in [0.05, 0.1) is 6.26 Å². The zero-order chi connectivity index (χ0) is 15.4. The van der Waals surface area contributed by atoms with Crippen molar-refractivity contribution in [3.8, 4) is 0 Å². The van der Waals surface area contributed by atoms with E-state index in [1.165, 1.54) is 11.8 Å². The maximum atomic E-state index is 12.3. The molecule has 22 heavy (non-hydrogen) atoms. The Balaban J connectivity index is 1.58. The van der Waals surface area contributed by atoms with Crippen LogP contribution in [0.4, 0.5) is 0 Å². The van der Waals surface area contributed by atoms with Crippen LogP contribution in [0.2, 0.25) is 5.02 Å². The van der Waals surface area contributed by atoms with Gasteiger partial charge in [0.1, 0.15) is 0 Å². The first-order chi connectivity index (χ1) is 10.7. The molecule has 1 aromatic heterocycles. The predicted molar refractivity (Wildman–Crippen MR) is 86.0 cm³/mol. The molecule has 1 saturated heterocycles. The third-order valence-corrected chi connectivity index (χ3v) is 4.18. The zero-order valence-electron chi connectivity index (χ0n) is 12.4. The highest BCUT2D eigenvalue weighted by molar-refractivity contribution is 6.30. The molecule has 5 heteroatoms. The first-order valence-corrected chi connectivity index (χ1v) is 7.90. The summed E-state index contributed by atoms with van der Waals surface area (Å²) in [5, 5.41) is 0.759. The van der Waals surface area contributed by atoms with Gasteiger partial charge in [0, 0.05) is 37.7 Å². The summed E-state index contributed by atoms with van der Waals surface area (Å²) in [6.07, 6.45) is 2.51. The van der Waals surface area contributed by atoms with Crippen LogP contribution < -0.4 is 0 Å². The molecule has 0 atom stereocenters. The Labute approximate surface area is 135 Å². The highest BCUT2D eigenvalue weighted by Gasteiger charge is 2.21. The fourth-order valence-corrected chi connectivity index (χ4v) is 2.86. The molecule has 2 aromatic rings. The lowest BCUT2D eigenvalue weighted by atomic mass is 10.2. The molecule has 4 nitrogen and oxygen atoms in total. The Hall–Kier alpha value is -1.78. The molecule has 0 unspecified atom stereocenters. The average Bonchev–Trinajstić information content (AvgIpc) is 2.96. The lowest BCUT2D eigenvalue weighted by Gasteiger charge is -2.21. The molecule has 2 heterocycles. The minimum Gasteiger partial charge on any atom is -0.459 e. The number of halogens is 1. The van der Waals surface area contributed by atoms with Crippen molar-refractivity contribution in [2.75, 3.05) is 26.2 Å². The van der Waals surface area contributed by atoms with E-state index >= 15 is 0 Å². The molecule has 0 N–H and O–H groups in total. The maximum Gasteiger partial charge on any atom is 0.289 e. The van der Waals surface area contributed by atoms with Gasteiger partial charge < -0.3 is 9.32 Å². The normalized spacial score (nSPS) is 16.5. The molecule has 116 valence electrons. The number of carbonyl (C=O) groups excluding carboxylic acids is 1. The number of furan rings is 1. The second kappa shape index (κ2) is 6.99. The average molecular weight is 319 g/mol. The Morgan fingerprint density at radius 1 is 1.09 bits per heavy atom. The van der Waals surface area contributed by atoms with Crippen molar-refractivity contribution in [3.63, 3.8) is 0 Å². The van der Waals surface area contributed by atoms with Crippen molar-refractivity contribution >= 4 is 17.5 Å². The Bertz CT molecular complexity index is 610. The van der Waals surface area contributed by atoms with E-state index in [1.54, 1.807) is 12.1 Å². The second-order valence-corrected chi connectivity index (χ2v) is 5.96. The molecule has 0 aliphatic carbocycles. The van der Waals surface area contributed by atoms with Crippen molar-refractivity contribution in [2.45, 2.75) is 13.0 Å². The summed E-state index contributed by atoms with van der Waals surface area (Å²) in [4.78, 5) is 16.6. The molecule has 0 saturated carbocycles. The van der Waals surface area contributed by atoms with E-state index in [1.807, 2.05) is 17.0 Å². The summed E-state index contributed by atoms with van der Waals surface area (Å²) >= 11 is 5.92. The highest BCUT2D eigenvalue weighted by atomic mass is 35.5. The minimum atomic E-state index is -0.0154. The van der Waals surface area contributed by atoms with Gasteiger partial charge in [-0.25, -0.2) is 0 Å². The molecule has 1 fully saturated rings. The van der Waals surface area contributed by atoms with Crippen molar-refractivity contribution in [1.29, 1.82) is 0 Å². The van der Waals surface area contributed by atoms with E-state index in [0.29, 0.717) is 5.76 Å². The molecule has 1 aliphatic heterocycles. The van der Waals surface area contributed by atoms with Crippen LogP contribution >= 0.6 is 11.6 Å². The molecule has 1 amide bonds. The third-order valence-electron chi connectivity index (χ3n) is 3.93. The lowest BCUT2D eigenvalue weighted by Crippen LogP contribution is -2.34. The standard InChI is InChI=1S/C17H19ClN2O2/c18-15-6-4-14(5-7-15)13-19-8-2-9-20(11-10-19)17(21)16-3-1-12-22-16/h1,3-7,12H,2,8-11,13H2. The van der Waals surface area contributed by atoms with Crippen molar-refractivity contribution in [1.82, 2.24) is 9.80 Å². The lowest BCUT2D eigenvalue weighted by molar-refractivity contribution is 0.0729.